The zero-order valence-electron chi connectivity index (χ0n) is 11.8. The molecule has 2 N–H and O–H groups in total. The number of nitrogens with zero attached hydrogens (tertiary/aromatic N) is 4. The second kappa shape index (κ2) is 5.51. The van der Waals surface area contributed by atoms with E-state index >= 15 is 0 Å². The number of hydrogen-bond acceptors (Lipinski definition) is 5. The van der Waals surface area contributed by atoms with Crippen LogP contribution < -0.4 is 5.32 Å². The van der Waals surface area contributed by atoms with E-state index in [1.807, 2.05) is 6.92 Å². The first-order valence-electron chi connectivity index (χ1n) is 7.04. The highest BCUT2D eigenvalue weighted by molar-refractivity contribution is 5.85. The van der Waals surface area contributed by atoms with Crippen molar-refractivity contribution in [3.8, 4) is 0 Å². The Hall–Kier alpha value is -2.44. The molecule has 0 fully saturated rings. The molecule has 3 heterocycles. The minimum Gasteiger partial charge on any atom is -0.477 e. The highest BCUT2D eigenvalue weighted by atomic mass is 16.4. The van der Waals surface area contributed by atoms with Crippen molar-refractivity contribution in [2.24, 2.45) is 0 Å². The van der Waals surface area contributed by atoms with Crippen LogP contribution >= 0.6 is 0 Å². The highest BCUT2D eigenvalue weighted by Crippen LogP contribution is 2.21. The van der Waals surface area contributed by atoms with Gasteiger partial charge in [-0.05, 0) is 31.9 Å². The van der Waals surface area contributed by atoms with Crippen LogP contribution in [0.4, 0.5) is 5.82 Å². The Morgan fingerprint density at radius 1 is 1.38 bits per heavy atom. The van der Waals surface area contributed by atoms with Crippen molar-refractivity contribution in [1.82, 2.24) is 19.7 Å². The number of anilines is 1. The van der Waals surface area contributed by atoms with Crippen LogP contribution in [0.3, 0.4) is 0 Å². The lowest BCUT2D eigenvalue weighted by atomic mass is 10.1. The van der Waals surface area contributed by atoms with Crippen LogP contribution in [0.2, 0.25) is 0 Å². The number of carboxylic acids is 1. The summed E-state index contributed by atoms with van der Waals surface area (Å²) in [5.41, 5.74) is 0.0236. The predicted molar refractivity (Wildman–Crippen MR) is 76.2 cm³/mol. The lowest BCUT2D eigenvalue weighted by Crippen LogP contribution is -2.18. The van der Waals surface area contributed by atoms with E-state index in [9.17, 15) is 4.79 Å². The molecule has 0 saturated heterocycles. The molecule has 0 aromatic carbocycles. The maximum atomic E-state index is 10.9. The Morgan fingerprint density at radius 3 is 3.05 bits per heavy atom. The average molecular weight is 287 g/mol. The summed E-state index contributed by atoms with van der Waals surface area (Å²) in [6.07, 6.45) is 3.26. The molecule has 0 amide bonds. The molecule has 0 spiro atoms. The molecule has 2 aromatic heterocycles. The summed E-state index contributed by atoms with van der Waals surface area (Å²) < 4.78 is 2.14. The molecule has 1 aliphatic rings. The van der Waals surface area contributed by atoms with Gasteiger partial charge in [-0.2, -0.15) is 0 Å². The third-order valence-electron chi connectivity index (χ3n) is 3.61. The topological polar surface area (TPSA) is 92.9 Å². The molecule has 2 aromatic rings. The van der Waals surface area contributed by atoms with Crippen LogP contribution in [0, 0.1) is 0 Å². The molecular weight excluding hydrogens is 270 g/mol. The largest absolute Gasteiger partial charge is 0.477 e. The summed E-state index contributed by atoms with van der Waals surface area (Å²) in [4.78, 5) is 15.0. The smallest absolute Gasteiger partial charge is 0.354 e. The molecule has 7 heteroatoms. The third kappa shape index (κ3) is 2.72. The van der Waals surface area contributed by atoms with Gasteiger partial charge < -0.3 is 15.0 Å². The van der Waals surface area contributed by atoms with E-state index in [0.717, 1.165) is 37.5 Å². The number of hydrogen-bond donors (Lipinski definition) is 2. The molecule has 1 atom stereocenters. The first kappa shape index (κ1) is 13.5. The van der Waals surface area contributed by atoms with Crippen LogP contribution in [0.15, 0.2) is 18.2 Å². The number of carbonyl (C=O) groups is 1. The summed E-state index contributed by atoms with van der Waals surface area (Å²) in [6, 6.07) is 4.80. The maximum absolute atomic E-state index is 10.9. The van der Waals surface area contributed by atoms with Crippen LogP contribution in [-0.2, 0) is 13.0 Å². The van der Waals surface area contributed by atoms with Gasteiger partial charge in [0.2, 0.25) is 0 Å². The summed E-state index contributed by atoms with van der Waals surface area (Å²) >= 11 is 0. The van der Waals surface area contributed by atoms with Crippen LogP contribution in [-0.4, -0.2) is 30.8 Å². The number of aryl methyl sites for hydroxylation is 1. The van der Waals surface area contributed by atoms with Gasteiger partial charge >= 0.3 is 5.97 Å². The molecule has 1 unspecified atom stereocenters. The van der Waals surface area contributed by atoms with Crippen molar-refractivity contribution in [3.05, 3.63) is 35.5 Å². The first-order valence-corrected chi connectivity index (χ1v) is 7.04. The van der Waals surface area contributed by atoms with Crippen LogP contribution in [0.25, 0.3) is 0 Å². The van der Waals surface area contributed by atoms with Gasteiger partial charge in [0.05, 0.1) is 6.04 Å². The van der Waals surface area contributed by atoms with E-state index in [-0.39, 0.29) is 11.7 Å². The molecular formula is C14H17N5O2. The van der Waals surface area contributed by atoms with E-state index in [2.05, 4.69) is 25.1 Å². The third-order valence-corrected chi connectivity index (χ3v) is 3.61. The van der Waals surface area contributed by atoms with Crippen molar-refractivity contribution in [2.75, 3.05) is 5.32 Å². The standard InChI is InChI=1S/C14H17N5O2/c1-9(13-18-17-12-7-2-3-8-19(12)13)15-11-6-4-5-10(16-11)14(20)21/h4-6,9H,2-3,7-8H2,1H3,(H,15,16)(H,20,21). The summed E-state index contributed by atoms with van der Waals surface area (Å²) in [5, 5.41) is 20.6. The van der Waals surface area contributed by atoms with Crippen LogP contribution in [0.5, 0.6) is 0 Å². The van der Waals surface area contributed by atoms with Gasteiger partial charge in [0.25, 0.3) is 0 Å². The lowest BCUT2D eigenvalue weighted by Gasteiger charge is -2.19. The van der Waals surface area contributed by atoms with Crippen molar-refractivity contribution in [1.29, 1.82) is 0 Å². The monoisotopic (exact) mass is 287 g/mol. The molecule has 0 aliphatic carbocycles. The Bertz CT molecular complexity index is 667. The molecule has 1 aliphatic heterocycles. The SMILES string of the molecule is CC(Nc1cccc(C(=O)O)n1)c1nnc2n1CCCC2. The summed E-state index contributed by atoms with van der Waals surface area (Å²) in [6.45, 7) is 2.91. The Labute approximate surface area is 122 Å². The first-order chi connectivity index (χ1) is 10.1. The van der Waals surface area contributed by atoms with E-state index in [0.29, 0.717) is 5.82 Å². The number of carboxylic acid groups (broad SMARTS) is 1. The van der Waals surface area contributed by atoms with Gasteiger partial charge in [-0.1, -0.05) is 6.07 Å². The molecule has 110 valence electrons. The number of aromatic nitrogens is 4. The number of aromatic carboxylic acids is 1. The average Bonchev–Trinajstić information content (AvgIpc) is 2.91. The van der Waals surface area contributed by atoms with Gasteiger partial charge in [0, 0.05) is 13.0 Å². The second-order valence-electron chi connectivity index (χ2n) is 5.16. The van der Waals surface area contributed by atoms with Gasteiger partial charge in [-0.25, -0.2) is 9.78 Å². The second-order valence-corrected chi connectivity index (χ2v) is 5.16. The lowest BCUT2D eigenvalue weighted by molar-refractivity contribution is 0.0690. The van der Waals surface area contributed by atoms with E-state index in [1.54, 1.807) is 12.1 Å². The van der Waals surface area contributed by atoms with Crippen molar-refractivity contribution < 1.29 is 9.90 Å². The maximum Gasteiger partial charge on any atom is 0.354 e. The fraction of sp³-hybridized carbons (Fsp3) is 0.429. The van der Waals surface area contributed by atoms with E-state index in [4.69, 9.17) is 5.11 Å². The number of pyridine rings is 1. The molecule has 0 bridgehead atoms. The van der Waals surface area contributed by atoms with Crippen molar-refractivity contribution in [3.63, 3.8) is 0 Å². The highest BCUT2D eigenvalue weighted by Gasteiger charge is 2.20. The Morgan fingerprint density at radius 2 is 2.24 bits per heavy atom. The number of rotatable bonds is 4. The number of fused-ring (bicyclic) bond motifs is 1. The van der Waals surface area contributed by atoms with Crippen molar-refractivity contribution in [2.45, 2.75) is 38.8 Å². The quantitative estimate of drug-likeness (QED) is 0.892. The van der Waals surface area contributed by atoms with Gasteiger partial charge in [0.15, 0.2) is 11.5 Å². The molecule has 0 radical (unpaired) electrons. The zero-order chi connectivity index (χ0) is 14.8. The van der Waals surface area contributed by atoms with E-state index in [1.165, 1.54) is 6.07 Å². The molecule has 0 saturated carbocycles. The zero-order valence-corrected chi connectivity index (χ0v) is 11.8. The Kier molecular flexibility index (Phi) is 3.55. The van der Waals surface area contributed by atoms with E-state index < -0.39 is 5.97 Å². The normalized spacial score (nSPS) is 15.3. The summed E-state index contributed by atoms with van der Waals surface area (Å²) in [5.74, 6) is 1.38. The Balaban J connectivity index is 1.80. The van der Waals surface area contributed by atoms with Gasteiger partial charge in [-0.3, -0.25) is 0 Å². The molecule has 21 heavy (non-hydrogen) atoms. The van der Waals surface area contributed by atoms with Crippen LogP contribution in [0.1, 0.15) is 47.9 Å². The minimum absolute atomic E-state index is 0.0236. The minimum atomic E-state index is -1.04. The fourth-order valence-electron chi connectivity index (χ4n) is 2.57. The van der Waals surface area contributed by atoms with Gasteiger partial charge in [0.1, 0.15) is 11.6 Å². The molecule has 3 rings (SSSR count). The summed E-state index contributed by atoms with van der Waals surface area (Å²) in [7, 11) is 0. The molecule has 7 nitrogen and oxygen atoms in total. The van der Waals surface area contributed by atoms with Gasteiger partial charge in [-0.15, -0.1) is 10.2 Å². The van der Waals surface area contributed by atoms with Crippen molar-refractivity contribution >= 4 is 11.8 Å². The fourth-order valence-corrected chi connectivity index (χ4v) is 2.57. The predicted octanol–water partition coefficient (Wildman–Crippen LogP) is 1.88. The number of nitrogens with one attached hydrogen (secondary N) is 1.